The Kier molecular flexibility index (Phi) is 7.57. The molecule has 0 saturated carbocycles. The summed E-state index contributed by atoms with van der Waals surface area (Å²) >= 11 is 0. The molecule has 0 radical (unpaired) electrons. The number of carbonyl (C=O) groups excluding carboxylic acids is 3. The number of Topliss-reactive ketones (excluding diaryl/α,β-unsaturated/α-hetero) is 1. The number of likely N-dealkylation sites (tertiary alicyclic amines) is 1. The number of piperazine rings is 1. The molecule has 4 atom stereocenters. The average molecular weight is 471 g/mol. The molecule has 8 heteroatoms. The molecule has 3 saturated heterocycles. The third kappa shape index (κ3) is 5.13. The highest BCUT2D eigenvalue weighted by Crippen LogP contribution is 2.32. The van der Waals surface area contributed by atoms with Gasteiger partial charge in [-0.15, -0.1) is 0 Å². The van der Waals surface area contributed by atoms with E-state index in [4.69, 9.17) is 4.74 Å². The summed E-state index contributed by atoms with van der Waals surface area (Å²) in [5.41, 5.74) is 1.64. The molecule has 4 rings (SSSR count). The summed E-state index contributed by atoms with van der Waals surface area (Å²) in [4.78, 5) is 45.4. The van der Waals surface area contributed by atoms with Gasteiger partial charge in [0.15, 0.2) is 5.78 Å². The van der Waals surface area contributed by atoms with Crippen LogP contribution in [0.1, 0.15) is 44.5 Å². The van der Waals surface area contributed by atoms with Gasteiger partial charge in [0.2, 0.25) is 5.91 Å². The fourth-order valence-corrected chi connectivity index (χ4v) is 5.40. The number of hydrogen-bond donors (Lipinski definition) is 1. The molecule has 1 N–H and O–H groups in total. The van der Waals surface area contributed by atoms with Crippen molar-refractivity contribution in [2.45, 2.75) is 52.3 Å². The van der Waals surface area contributed by atoms with Gasteiger partial charge in [-0.1, -0.05) is 27.7 Å². The van der Waals surface area contributed by atoms with E-state index in [0.29, 0.717) is 18.5 Å². The van der Waals surface area contributed by atoms with Gasteiger partial charge in [0, 0.05) is 49.9 Å². The number of likely N-dealkylation sites (N-methyl/N-ethyl adjacent to an activating group) is 1. The van der Waals surface area contributed by atoms with Gasteiger partial charge in [-0.2, -0.15) is 0 Å². The van der Waals surface area contributed by atoms with Crippen LogP contribution in [0, 0.1) is 11.8 Å². The monoisotopic (exact) mass is 470 g/mol. The summed E-state index contributed by atoms with van der Waals surface area (Å²) in [5, 5.41) is 2.96. The molecule has 0 unspecified atom stereocenters. The van der Waals surface area contributed by atoms with Crippen molar-refractivity contribution in [2.24, 2.45) is 11.8 Å². The van der Waals surface area contributed by atoms with Gasteiger partial charge < -0.3 is 24.8 Å². The molecule has 0 aromatic heterocycles. The first-order valence-corrected chi connectivity index (χ1v) is 12.6. The molecule has 3 fully saturated rings. The van der Waals surface area contributed by atoms with Crippen LogP contribution in [-0.4, -0.2) is 91.5 Å². The van der Waals surface area contributed by atoms with Crippen LogP contribution >= 0.6 is 0 Å². The van der Waals surface area contributed by atoms with Crippen LogP contribution in [0.2, 0.25) is 0 Å². The number of ketones is 1. The number of benzene rings is 1. The Morgan fingerprint density at radius 2 is 1.79 bits per heavy atom. The first-order chi connectivity index (χ1) is 16.3. The Labute approximate surface area is 202 Å². The summed E-state index contributed by atoms with van der Waals surface area (Å²) < 4.78 is 5.63. The molecular formula is C26H38N4O4. The molecule has 1 aromatic carbocycles. The van der Waals surface area contributed by atoms with Crippen molar-refractivity contribution in [3.05, 3.63) is 29.8 Å². The summed E-state index contributed by atoms with van der Waals surface area (Å²) in [6, 6.07) is 6.43. The van der Waals surface area contributed by atoms with Crippen molar-refractivity contribution in [2.75, 3.05) is 50.8 Å². The van der Waals surface area contributed by atoms with E-state index < -0.39 is 12.1 Å². The van der Waals surface area contributed by atoms with E-state index >= 15 is 0 Å². The van der Waals surface area contributed by atoms with Crippen LogP contribution in [0.15, 0.2) is 24.3 Å². The highest BCUT2D eigenvalue weighted by molar-refractivity contribution is 5.99. The second kappa shape index (κ2) is 10.4. The lowest BCUT2D eigenvalue weighted by Gasteiger charge is -2.35. The smallest absolute Gasteiger partial charge is 0.251 e. The second-order valence-electron chi connectivity index (χ2n) is 10.3. The molecule has 0 spiro atoms. The molecule has 3 aliphatic rings. The van der Waals surface area contributed by atoms with E-state index in [9.17, 15) is 14.4 Å². The molecule has 3 aliphatic heterocycles. The number of fused-ring (bicyclic) bond motifs is 1. The van der Waals surface area contributed by atoms with E-state index in [2.05, 4.69) is 22.0 Å². The molecule has 0 aliphatic carbocycles. The Balaban J connectivity index is 1.42. The van der Waals surface area contributed by atoms with Gasteiger partial charge in [0.05, 0.1) is 6.10 Å². The minimum atomic E-state index is -0.673. The number of nitrogens with one attached hydrogen (secondary N) is 1. The van der Waals surface area contributed by atoms with Crippen LogP contribution in [0.4, 0.5) is 5.69 Å². The molecular weight excluding hydrogens is 432 g/mol. The predicted octanol–water partition coefficient (Wildman–Crippen LogP) is 1.79. The standard InChI is InChI=1S/C26H38N4O4/c1-5-28-10-12-29(13-11-28)20-8-6-19(7-9-20)25(32)27-21(14-17(2)3)26(33)30-15-18(4)24-23(30)22(31)16-34-24/h6-9,17-18,21,23-24H,5,10-16H2,1-4H3,(H,27,32)/t18-,21-,23+,24+/m0/s1. The highest BCUT2D eigenvalue weighted by atomic mass is 16.5. The van der Waals surface area contributed by atoms with Crippen molar-refractivity contribution in [1.29, 1.82) is 0 Å². The quantitative estimate of drug-likeness (QED) is 0.654. The predicted molar refractivity (Wildman–Crippen MR) is 131 cm³/mol. The lowest BCUT2D eigenvalue weighted by atomic mass is 10.0. The molecule has 1 aromatic rings. The van der Waals surface area contributed by atoms with Crippen molar-refractivity contribution in [1.82, 2.24) is 15.1 Å². The molecule has 0 bridgehead atoms. The summed E-state index contributed by atoms with van der Waals surface area (Å²) in [6.07, 6.45) is 0.278. The number of ether oxygens (including phenoxy) is 1. The van der Waals surface area contributed by atoms with Gasteiger partial charge in [0.1, 0.15) is 18.7 Å². The van der Waals surface area contributed by atoms with E-state index in [1.165, 1.54) is 0 Å². The third-order valence-electron chi connectivity index (χ3n) is 7.35. The zero-order valence-corrected chi connectivity index (χ0v) is 20.8. The number of hydrogen-bond acceptors (Lipinski definition) is 6. The van der Waals surface area contributed by atoms with Crippen molar-refractivity contribution < 1.29 is 19.1 Å². The third-order valence-corrected chi connectivity index (χ3v) is 7.35. The number of amides is 2. The topological polar surface area (TPSA) is 82.2 Å². The lowest BCUT2D eigenvalue weighted by Crippen LogP contribution is -2.52. The minimum absolute atomic E-state index is 0.0484. The van der Waals surface area contributed by atoms with Crippen LogP contribution in [-0.2, 0) is 14.3 Å². The van der Waals surface area contributed by atoms with E-state index in [0.717, 1.165) is 38.4 Å². The number of anilines is 1. The summed E-state index contributed by atoms with van der Waals surface area (Å²) in [5.74, 6) is -0.190. The summed E-state index contributed by atoms with van der Waals surface area (Å²) in [6.45, 7) is 13.9. The normalized spacial score (nSPS) is 26.1. The van der Waals surface area contributed by atoms with Crippen LogP contribution in [0.5, 0.6) is 0 Å². The van der Waals surface area contributed by atoms with Crippen LogP contribution in [0.3, 0.4) is 0 Å². The zero-order chi connectivity index (χ0) is 24.4. The SMILES string of the molecule is CCN1CCN(c2ccc(C(=O)N[C@@H](CC(C)C)C(=O)N3C[C@H](C)[C@H]4OCC(=O)[C@H]43)cc2)CC1. The maximum atomic E-state index is 13.5. The highest BCUT2D eigenvalue weighted by Gasteiger charge is 2.51. The van der Waals surface area contributed by atoms with E-state index in [1.807, 2.05) is 45.0 Å². The van der Waals surface area contributed by atoms with Crippen LogP contribution in [0.25, 0.3) is 0 Å². The average Bonchev–Trinajstić information content (AvgIpc) is 3.38. The minimum Gasteiger partial charge on any atom is -0.369 e. The number of nitrogens with zero attached hydrogens (tertiary/aromatic N) is 3. The Morgan fingerprint density at radius 3 is 2.41 bits per heavy atom. The van der Waals surface area contributed by atoms with Gasteiger partial charge in [-0.05, 0) is 43.1 Å². The van der Waals surface area contributed by atoms with Gasteiger partial charge >= 0.3 is 0 Å². The van der Waals surface area contributed by atoms with Gasteiger partial charge in [-0.3, -0.25) is 14.4 Å². The van der Waals surface area contributed by atoms with E-state index in [-0.39, 0.29) is 42.1 Å². The molecule has 8 nitrogen and oxygen atoms in total. The van der Waals surface area contributed by atoms with Crippen molar-refractivity contribution in [3.8, 4) is 0 Å². The largest absolute Gasteiger partial charge is 0.369 e. The Morgan fingerprint density at radius 1 is 1.12 bits per heavy atom. The van der Waals surface area contributed by atoms with Gasteiger partial charge in [0.25, 0.3) is 5.91 Å². The Bertz CT molecular complexity index is 895. The van der Waals surface area contributed by atoms with Crippen LogP contribution < -0.4 is 10.2 Å². The number of rotatable bonds is 7. The fraction of sp³-hybridized carbons (Fsp3) is 0.654. The molecule has 34 heavy (non-hydrogen) atoms. The van der Waals surface area contributed by atoms with Gasteiger partial charge in [-0.25, -0.2) is 0 Å². The van der Waals surface area contributed by atoms with E-state index in [1.54, 1.807) is 4.90 Å². The number of carbonyl (C=O) groups is 3. The maximum Gasteiger partial charge on any atom is 0.251 e. The maximum absolute atomic E-state index is 13.5. The van der Waals surface area contributed by atoms with Crippen molar-refractivity contribution in [3.63, 3.8) is 0 Å². The van der Waals surface area contributed by atoms with Crippen molar-refractivity contribution >= 4 is 23.3 Å². The Hall–Kier alpha value is -2.45. The summed E-state index contributed by atoms with van der Waals surface area (Å²) in [7, 11) is 0. The fourth-order valence-electron chi connectivity index (χ4n) is 5.40. The first-order valence-electron chi connectivity index (χ1n) is 12.6. The zero-order valence-electron chi connectivity index (χ0n) is 20.8. The lowest BCUT2D eigenvalue weighted by molar-refractivity contribution is -0.138. The first kappa shape index (κ1) is 24.7. The molecule has 2 amide bonds. The molecule has 3 heterocycles. The second-order valence-corrected chi connectivity index (χ2v) is 10.3. The molecule has 186 valence electrons.